The molecule has 1 atom stereocenters. The second-order valence-electron chi connectivity index (χ2n) is 9.17. The van der Waals surface area contributed by atoms with Gasteiger partial charge in [0.15, 0.2) is 0 Å². The van der Waals surface area contributed by atoms with Gasteiger partial charge in [-0.3, -0.25) is 29.4 Å². The molecule has 4 amide bonds. The molecule has 38 heavy (non-hydrogen) atoms. The Hall–Kier alpha value is -3.64. The van der Waals surface area contributed by atoms with Gasteiger partial charge in [0, 0.05) is 31.4 Å². The highest BCUT2D eigenvalue weighted by Gasteiger charge is 2.35. The minimum absolute atomic E-state index is 0.0394. The van der Waals surface area contributed by atoms with Crippen molar-refractivity contribution in [3.63, 3.8) is 0 Å². The molecule has 8 nitrogen and oxygen atoms in total. The largest absolute Gasteiger partial charge is 0.416 e. The van der Waals surface area contributed by atoms with Crippen molar-refractivity contribution in [2.45, 2.75) is 25.1 Å². The highest BCUT2D eigenvalue weighted by atomic mass is 32.2. The first kappa shape index (κ1) is 26.0. The SMILES string of the molecule is O=C1NC(=O)C(=Cc2cc(C(F)(F)F)ccc2N2CC[C@H](NCCCN3C(=O)c4ccccc4C3=O)C2)S1. The van der Waals surface area contributed by atoms with E-state index < -0.39 is 22.9 Å². The van der Waals surface area contributed by atoms with Crippen LogP contribution in [-0.2, 0) is 11.0 Å². The first-order valence-electron chi connectivity index (χ1n) is 12.0. The lowest BCUT2D eigenvalue weighted by atomic mass is 10.1. The molecule has 3 aliphatic rings. The summed E-state index contributed by atoms with van der Waals surface area (Å²) in [6.07, 6.45) is -1.95. The Morgan fingerprint density at radius 2 is 1.76 bits per heavy atom. The number of nitrogens with one attached hydrogen (secondary N) is 2. The summed E-state index contributed by atoms with van der Waals surface area (Å²) in [5, 5.41) is 4.94. The van der Waals surface area contributed by atoms with E-state index in [1.54, 1.807) is 24.3 Å². The van der Waals surface area contributed by atoms with Gasteiger partial charge in [-0.2, -0.15) is 13.2 Å². The van der Waals surface area contributed by atoms with Crippen LogP contribution in [0.1, 0.15) is 44.7 Å². The predicted molar refractivity (Wildman–Crippen MR) is 136 cm³/mol. The van der Waals surface area contributed by atoms with E-state index in [0.29, 0.717) is 54.6 Å². The summed E-state index contributed by atoms with van der Waals surface area (Å²) in [6.45, 7) is 1.93. The molecular weight excluding hydrogens is 521 g/mol. The Morgan fingerprint density at radius 3 is 2.39 bits per heavy atom. The van der Waals surface area contributed by atoms with Crippen molar-refractivity contribution in [1.29, 1.82) is 0 Å². The van der Waals surface area contributed by atoms with Gasteiger partial charge in [-0.25, -0.2) is 0 Å². The van der Waals surface area contributed by atoms with Gasteiger partial charge in [-0.15, -0.1) is 0 Å². The monoisotopic (exact) mass is 544 g/mol. The molecule has 0 unspecified atom stereocenters. The number of hydrogen-bond donors (Lipinski definition) is 2. The molecule has 2 aromatic rings. The summed E-state index contributed by atoms with van der Waals surface area (Å²) in [7, 11) is 0. The number of halogens is 3. The molecular formula is C26H23F3N4O4S. The molecule has 2 aromatic carbocycles. The molecule has 198 valence electrons. The lowest BCUT2D eigenvalue weighted by Crippen LogP contribution is -2.36. The average molecular weight is 545 g/mol. The minimum atomic E-state index is -4.55. The topological polar surface area (TPSA) is 98.8 Å². The number of thioether (sulfide) groups is 1. The van der Waals surface area contributed by atoms with Crippen molar-refractivity contribution < 1.29 is 32.3 Å². The Morgan fingerprint density at radius 1 is 1.05 bits per heavy atom. The van der Waals surface area contributed by atoms with Gasteiger partial charge in [0.25, 0.3) is 23.0 Å². The summed E-state index contributed by atoms with van der Waals surface area (Å²) in [5.41, 5.74) is 0.728. The number of amides is 4. The normalized spacial score (nSPS) is 20.6. The van der Waals surface area contributed by atoms with Crippen molar-refractivity contribution in [2.24, 2.45) is 0 Å². The van der Waals surface area contributed by atoms with E-state index in [-0.39, 0.29) is 34.9 Å². The summed E-state index contributed by atoms with van der Waals surface area (Å²) >= 11 is 0.651. The molecule has 12 heteroatoms. The number of alkyl halides is 3. The first-order valence-corrected chi connectivity index (χ1v) is 12.8. The third-order valence-corrected chi connectivity index (χ3v) is 7.49. The highest BCUT2D eigenvalue weighted by molar-refractivity contribution is 8.18. The third-order valence-electron chi connectivity index (χ3n) is 6.68. The number of imide groups is 2. The number of rotatable bonds is 7. The number of carbonyl (C=O) groups excluding carboxylic acids is 4. The van der Waals surface area contributed by atoms with Crippen LogP contribution in [0, 0.1) is 0 Å². The molecule has 0 radical (unpaired) electrons. The number of carbonyl (C=O) groups is 4. The molecule has 2 saturated heterocycles. The fourth-order valence-corrected chi connectivity index (χ4v) is 5.50. The van der Waals surface area contributed by atoms with Crippen molar-refractivity contribution in [3.05, 3.63) is 69.6 Å². The van der Waals surface area contributed by atoms with Crippen LogP contribution in [0.4, 0.5) is 23.7 Å². The van der Waals surface area contributed by atoms with Gasteiger partial charge in [-0.1, -0.05) is 12.1 Å². The fraction of sp³-hybridized carbons (Fsp3) is 0.308. The molecule has 3 aliphatic heterocycles. The van der Waals surface area contributed by atoms with E-state index in [2.05, 4.69) is 10.6 Å². The van der Waals surface area contributed by atoms with Crippen LogP contribution in [-0.4, -0.2) is 60.1 Å². The molecule has 5 rings (SSSR count). The number of nitrogens with zero attached hydrogens (tertiary/aromatic N) is 2. The Bertz CT molecular complexity index is 1330. The van der Waals surface area contributed by atoms with Crippen LogP contribution < -0.4 is 15.5 Å². The second kappa shape index (κ2) is 10.3. The zero-order chi connectivity index (χ0) is 27.0. The van der Waals surface area contributed by atoms with E-state index >= 15 is 0 Å². The summed E-state index contributed by atoms with van der Waals surface area (Å²) < 4.78 is 40.1. The van der Waals surface area contributed by atoms with Crippen molar-refractivity contribution in [3.8, 4) is 0 Å². The molecule has 2 N–H and O–H groups in total. The van der Waals surface area contributed by atoms with Crippen LogP contribution in [0.3, 0.4) is 0 Å². The van der Waals surface area contributed by atoms with Crippen LogP contribution >= 0.6 is 11.8 Å². The van der Waals surface area contributed by atoms with Gasteiger partial charge in [-0.05, 0) is 73.1 Å². The van der Waals surface area contributed by atoms with Crippen LogP contribution in [0.2, 0.25) is 0 Å². The minimum Gasteiger partial charge on any atom is -0.369 e. The van der Waals surface area contributed by atoms with Gasteiger partial charge in [0.2, 0.25) is 0 Å². The quantitative estimate of drug-likeness (QED) is 0.310. The molecule has 0 bridgehead atoms. The zero-order valence-corrected chi connectivity index (χ0v) is 20.8. The molecule has 0 saturated carbocycles. The zero-order valence-electron chi connectivity index (χ0n) is 20.0. The van der Waals surface area contributed by atoms with Crippen molar-refractivity contribution >= 4 is 46.5 Å². The lowest BCUT2D eigenvalue weighted by molar-refractivity contribution is -0.137. The van der Waals surface area contributed by atoms with E-state index in [1.807, 2.05) is 4.90 Å². The van der Waals surface area contributed by atoms with Crippen LogP contribution in [0.15, 0.2) is 47.4 Å². The van der Waals surface area contributed by atoms with Crippen LogP contribution in [0.25, 0.3) is 6.08 Å². The number of anilines is 1. The van der Waals surface area contributed by atoms with E-state index in [0.717, 1.165) is 18.6 Å². The highest BCUT2D eigenvalue weighted by Crippen LogP contribution is 2.36. The number of benzene rings is 2. The summed E-state index contributed by atoms with van der Waals surface area (Å²) in [6, 6.07) is 10.2. The first-order chi connectivity index (χ1) is 18.1. The smallest absolute Gasteiger partial charge is 0.369 e. The number of hydrogen-bond acceptors (Lipinski definition) is 7. The summed E-state index contributed by atoms with van der Waals surface area (Å²) in [4.78, 5) is 51.7. The lowest BCUT2D eigenvalue weighted by Gasteiger charge is -2.23. The van der Waals surface area contributed by atoms with Crippen molar-refractivity contribution in [2.75, 3.05) is 31.1 Å². The van der Waals surface area contributed by atoms with Gasteiger partial charge < -0.3 is 10.2 Å². The molecule has 3 heterocycles. The third kappa shape index (κ3) is 5.18. The Balaban J connectivity index is 1.21. The maximum atomic E-state index is 13.4. The molecule has 0 aromatic heterocycles. The van der Waals surface area contributed by atoms with Crippen molar-refractivity contribution in [1.82, 2.24) is 15.5 Å². The maximum absolute atomic E-state index is 13.4. The number of fused-ring (bicyclic) bond motifs is 1. The van der Waals surface area contributed by atoms with Crippen LogP contribution in [0.5, 0.6) is 0 Å². The second-order valence-corrected chi connectivity index (χ2v) is 10.2. The van der Waals surface area contributed by atoms with E-state index in [1.165, 1.54) is 17.0 Å². The molecule has 2 fully saturated rings. The van der Waals surface area contributed by atoms with Gasteiger partial charge in [0.05, 0.1) is 21.6 Å². The predicted octanol–water partition coefficient (Wildman–Crippen LogP) is 3.88. The molecule has 0 aliphatic carbocycles. The Kier molecular flexibility index (Phi) is 7.01. The Labute approximate surface area is 220 Å². The molecule has 0 spiro atoms. The standard InChI is InChI=1S/C26H23F3N4O4S/c27-26(28,29)16-6-7-20(15(12-16)13-21-22(34)31-25(37)38-21)32-11-8-17(14-32)30-9-3-10-33-23(35)18-4-1-2-5-19(18)24(33)36/h1-2,4-7,12-13,17,30H,3,8-11,14H2,(H,31,34,37)/t17-/m0/s1. The van der Waals surface area contributed by atoms with E-state index in [4.69, 9.17) is 0 Å². The fourth-order valence-electron chi connectivity index (χ4n) is 4.83. The average Bonchev–Trinajstić information content (AvgIpc) is 3.54. The van der Waals surface area contributed by atoms with Gasteiger partial charge in [0.1, 0.15) is 0 Å². The maximum Gasteiger partial charge on any atom is 0.416 e. The van der Waals surface area contributed by atoms with Gasteiger partial charge >= 0.3 is 6.18 Å². The summed E-state index contributed by atoms with van der Waals surface area (Å²) in [5.74, 6) is -1.22. The van der Waals surface area contributed by atoms with E-state index in [9.17, 15) is 32.3 Å².